The number of benzene rings is 1. The van der Waals surface area contributed by atoms with Gasteiger partial charge in [0.1, 0.15) is 5.76 Å². The van der Waals surface area contributed by atoms with Gasteiger partial charge >= 0.3 is 0 Å². The van der Waals surface area contributed by atoms with Crippen LogP contribution in [0.5, 0.6) is 0 Å². The highest BCUT2D eigenvalue weighted by atomic mass is 32.2. The van der Waals surface area contributed by atoms with E-state index in [4.69, 9.17) is 4.52 Å². The Kier molecular flexibility index (Phi) is 6.17. The molecule has 0 N–H and O–H groups in total. The van der Waals surface area contributed by atoms with Crippen LogP contribution >= 0.6 is 0 Å². The first kappa shape index (κ1) is 20.8. The lowest BCUT2D eigenvalue weighted by atomic mass is 10.2. The molecule has 0 aliphatic rings. The lowest BCUT2D eigenvalue weighted by molar-refractivity contribution is -0.130. The quantitative estimate of drug-likeness (QED) is 0.665. The van der Waals surface area contributed by atoms with Crippen molar-refractivity contribution in [3.05, 3.63) is 46.8 Å². The molecule has 2 rings (SSSR count). The molecule has 1 aromatic carbocycles. The molecule has 27 heavy (non-hydrogen) atoms. The number of nitrogens with zero attached hydrogens (tertiary/aromatic N) is 3. The summed E-state index contributed by atoms with van der Waals surface area (Å²) in [5, 5.41) is 3.84. The predicted octanol–water partition coefficient (Wildman–Crippen LogP) is 1.77. The fourth-order valence-corrected chi connectivity index (χ4v) is 3.61. The largest absolute Gasteiger partial charge is 0.361 e. The van der Waals surface area contributed by atoms with Gasteiger partial charge < -0.3 is 9.42 Å². The van der Waals surface area contributed by atoms with Crippen molar-refractivity contribution in [2.24, 2.45) is 0 Å². The van der Waals surface area contributed by atoms with E-state index in [-0.39, 0.29) is 29.7 Å². The molecule has 9 heteroatoms. The Morgan fingerprint density at radius 2 is 1.70 bits per heavy atom. The van der Waals surface area contributed by atoms with Crippen molar-refractivity contribution in [1.29, 1.82) is 0 Å². The monoisotopic (exact) mass is 393 g/mol. The number of sulfonamides is 1. The summed E-state index contributed by atoms with van der Waals surface area (Å²) in [4.78, 5) is 25.2. The van der Waals surface area contributed by atoms with Crippen molar-refractivity contribution in [3.8, 4) is 0 Å². The van der Waals surface area contributed by atoms with Crippen LogP contribution in [-0.4, -0.2) is 55.1 Å². The molecule has 1 aromatic heterocycles. The molecule has 0 radical (unpaired) electrons. The molecule has 0 saturated heterocycles. The van der Waals surface area contributed by atoms with E-state index in [9.17, 15) is 18.0 Å². The van der Waals surface area contributed by atoms with Crippen LogP contribution in [0.15, 0.2) is 33.7 Å². The summed E-state index contributed by atoms with van der Waals surface area (Å²) in [6.07, 6.45) is 0. The van der Waals surface area contributed by atoms with Crippen molar-refractivity contribution in [2.75, 3.05) is 20.6 Å². The smallest absolute Gasteiger partial charge is 0.243 e. The second-order valence-corrected chi connectivity index (χ2v) is 8.44. The Morgan fingerprint density at radius 3 is 2.19 bits per heavy atom. The van der Waals surface area contributed by atoms with Crippen LogP contribution in [0.4, 0.5) is 0 Å². The molecule has 0 aliphatic heterocycles. The van der Waals surface area contributed by atoms with E-state index in [1.807, 2.05) is 0 Å². The molecular formula is C18H23N3O5S. The Morgan fingerprint density at radius 1 is 1.11 bits per heavy atom. The standard InChI is InChI=1S/C18H23N3O5S/c1-12-17(14(3)26-19-12)10-20(4)18(23)11-21(5)27(24,25)16-8-6-15(7-9-16)13(2)22/h6-9H,10-11H2,1-5H3. The third kappa shape index (κ3) is 4.61. The molecule has 1 amide bonds. The van der Waals surface area contributed by atoms with Crippen molar-refractivity contribution in [1.82, 2.24) is 14.4 Å². The zero-order chi connectivity index (χ0) is 20.4. The fourth-order valence-electron chi connectivity index (χ4n) is 2.49. The number of ketones is 1. The molecular weight excluding hydrogens is 370 g/mol. The predicted molar refractivity (Wildman–Crippen MR) is 98.7 cm³/mol. The molecule has 0 saturated carbocycles. The highest BCUT2D eigenvalue weighted by Crippen LogP contribution is 2.17. The normalized spacial score (nSPS) is 11.6. The lowest BCUT2D eigenvalue weighted by Crippen LogP contribution is -2.39. The van der Waals surface area contributed by atoms with E-state index in [0.717, 1.165) is 9.87 Å². The van der Waals surface area contributed by atoms with Crippen LogP contribution in [0.25, 0.3) is 0 Å². The number of aromatic nitrogens is 1. The van der Waals surface area contributed by atoms with E-state index in [0.29, 0.717) is 17.0 Å². The summed E-state index contributed by atoms with van der Waals surface area (Å²) in [6.45, 7) is 4.92. The second-order valence-electron chi connectivity index (χ2n) is 6.39. The first-order chi connectivity index (χ1) is 12.5. The topological polar surface area (TPSA) is 101 Å². The highest BCUT2D eigenvalue weighted by Gasteiger charge is 2.25. The average Bonchev–Trinajstić information content (AvgIpc) is 2.93. The SMILES string of the molecule is CC(=O)c1ccc(S(=O)(=O)N(C)CC(=O)N(C)Cc2c(C)noc2C)cc1. The van der Waals surface area contributed by atoms with E-state index >= 15 is 0 Å². The lowest BCUT2D eigenvalue weighted by Gasteiger charge is -2.22. The van der Waals surface area contributed by atoms with Gasteiger partial charge in [0.15, 0.2) is 5.78 Å². The van der Waals surface area contributed by atoms with Crippen LogP contribution in [0.1, 0.15) is 34.3 Å². The fraction of sp³-hybridized carbons (Fsp3) is 0.389. The maximum atomic E-state index is 12.6. The molecule has 0 fully saturated rings. The van der Waals surface area contributed by atoms with Crippen LogP contribution in [0.2, 0.25) is 0 Å². The maximum absolute atomic E-state index is 12.6. The van der Waals surface area contributed by atoms with E-state index in [1.165, 1.54) is 43.1 Å². The van der Waals surface area contributed by atoms with Crippen LogP contribution in [-0.2, 0) is 21.4 Å². The first-order valence-corrected chi connectivity index (χ1v) is 9.71. The molecule has 8 nitrogen and oxygen atoms in total. The van der Waals surface area contributed by atoms with Gasteiger partial charge in [-0.15, -0.1) is 0 Å². The Labute approximate surface area is 158 Å². The van der Waals surface area contributed by atoms with Gasteiger partial charge in [0, 0.05) is 25.2 Å². The first-order valence-electron chi connectivity index (χ1n) is 8.27. The number of carbonyl (C=O) groups is 2. The Hall–Kier alpha value is -2.52. The number of hydrogen-bond donors (Lipinski definition) is 0. The van der Waals surface area contributed by atoms with E-state index < -0.39 is 10.0 Å². The van der Waals surface area contributed by atoms with Gasteiger partial charge in [-0.1, -0.05) is 17.3 Å². The van der Waals surface area contributed by atoms with Gasteiger partial charge in [-0.25, -0.2) is 8.42 Å². The van der Waals surface area contributed by atoms with Crippen LogP contribution in [0, 0.1) is 13.8 Å². The number of hydrogen-bond acceptors (Lipinski definition) is 6. The number of amides is 1. The number of carbonyl (C=O) groups excluding carboxylic acids is 2. The van der Waals surface area contributed by atoms with Crippen molar-refractivity contribution >= 4 is 21.7 Å². The van der Waals surface area contributed by atoms with Gasteiger partial charge in [-0.3, -0.25) is 9.59 Å². The summed E-state index contributed by atoms with van der Waals surface area (Å²) in [6, 6.07) is 5.63. The highest BCUT2D eigenvalue weighted by molar-refractivity contribution is 7.89. The third-order valence-corrected chi connectivity index (χ3v) is 6.15. The average molecular weight is 393 g/mol. The number of Topliss-reactive ketones (excluding diaryl/α,β-unsaturated/α-hetero) is 1. The molecule has 0 bridgehead atoms. The number of aryl methyl sites for hydroxylation is 2. The number of likely N-dealkylation sites (N-methyl/N-ethyl adjacent to an activating group) is 2. The van der Waals surface area contributed by atoms with Gasteiger partial charge in [-0.2, -0.15) is 4.31 Å². The minimum atomic E-state index is -3.84. The zero-order valence-corrected chi connectivity index (χ0v) is 16.8. The molecule has 2 aromatic rings. The van der Waals surface area contributed by atoms with E-state index in [1.54, 1.807) is 20.9 Å². The summed E-state index contributed by atoms with van der Waals surface area (Å²) >= 11 is 0. The summed E-state index contributed by atoms with van der Waals surface area (Å²) in [5.74, 6) is 0.114. The second kappa shape index (κ2) is 8.01. The van der Waals surface area contributed by atoms with Gasteiger partial charge in [0.2, 0.25) is 15.9 Å². The molecule has 0 unspecified atom stereocenters. The molecule has 0 atom stereocenters. The van der Waals surface area contributed by atoms with Gasteiger partial charge in [0.25, 0.3) is 0 Å². The molecule has 0 spiro atoms. The summed E-state index contributed by atoms with van der Waals surface area (Å²) in [7, 11) is -0.908. The Bertz CT molecular complexity index is 928. The van der Waals surface area contributed by atoms with Crippen LogP contribution in [0.3, 0.4) is 0 Å². The van der Waals surface area contributed by atoms with Crippen LogP contribution < -0.4 is 0 Å². The van der Waals surface area contributed by atoms with Gasteiger partial charge in [0.05, 0.1) is 23.7 Å². The molecule has 0 aliphatic carbocycles. The summed E-state index contributed by atoms with van der Waals surface area (Å²) < 4.78 is 31.3. The zero-order valence-electron chi connectivity index (χ0n) is 16.0. The Balaban J connectivity index is 2.09. The molecule has 146 valence electrons. The maximum Gasteiger partial charge on any atom is 0.243 e. The van der Waals surface area contributed by atoms with Crippen molar-refractivity contribution in [3.63, 3.8) is 0 Å². The minimum absolute atomic E-state index is 0.0242. The third-order valence-electron chi connectivity index (χ3n) is 4.33. The van der Waals surface area contributed by atoms with Gasteiger partial charge in [-0.05, 0) is 32.9 Å². The number of rotatable bonds is 7. The minimum Gasteiger partial charge on any atom is -0.361 e. The summed E-state index contributed by atoms with van der Waals surface area (Å²) in [5.41, 5.74) is 1.92. The van der Waals surface area contributed by atoms with E-state index in [2.05, 4.69) is 5.16 Å². The van der Waals surface area contributed by atoms with Crippen molar-refractivity contribution in [2.45, 2.75) is 32.2 Å². The molecule has 1 heterocycles. The van der Waals surface area contributed by atoms with Crippen molar-refractivity contribution < 1.29 is 22.5 Å².